The summed E-state index contributed by atoms with van der Waals surface area (Å²) in [5.41, 5.74) is 8.77. The molecule has 0 fully saturated rings. The molecule has 1 aromatic heterocycles. The molecule has 8 rings (SSSR count). The van der Waals surface area contributed by atoms with Gasteiger partial charge in [0.05, 0.1) is 5.70 Å². The number of benzene rings is 6. The van der Waals surface area contributed by atoms with Crippen molar-refractivity contribution < 1.29 is 34.8 Å². The van der Waals surface area contributed by atoms with Crippen molar-refractivity contribution >= 4 is 59.5 Å². The first-order valence-electron chi connectivity index (χ1n) is 22.1. The number of hydrogen-bond donors (Lipinski definition) is 0. The Hall–Kier alpha value is -8.14. The SMILES string of the molecule is CN1CC(C(=Cc2ccccc2)C(=O)C=Cc2ccccc2)=C(C(=Cc2ccccc2)C(=O)C=Cc2ccccc2)C(C(=Cc2ccccc2)C(=O)C=Cc2ccccc2)=C1c1cccnc1.[Pd]. The molecule has 1 aliphatic heterocycles. The summed E-state index contributed by atoms with van der Waals surface area (Å²) >= 11 is 0. The number of likely N-dealkylation sites (N-methyl/N-ethyl adjacent to an activating group) is 1. The summed E-state index contributed by atoms with van der Waals surface area (Å²) in [7, 11) is 1.95. The van der Waals surface area contributed by atoms with Crippen LogP contribution in [-0.2, 0) is 34.8 Å². The van der Waals surface area contributed by atoms with Crippen LogP contribution < -0.4 is 0 Å². The molecule has 68 heavy (non-hydrogen) atoms. The molecule has 2 heterocycles. The molecule has 0 amide bonds. The third kappa shape index (κ3) is 12.4. The summed E-state index contributed by atoms with van der Waals surface area (Å²) in [5, 5.41) is 0. The second-order valence-corrected chi connectivity index (χ2v) is 15.9. The molecule has 0 bridgehead atoms. The van der Waals surface area contributed by atoms with E-state index < -0.39 is 0 Å². The largest absolute Gasteiger partial charge is 0.369 e. The number of carbonyl (C=O) groups excluding carboxylic acids is 3. The van der Waals surface area contributed by atoms with E-state index in [0.717, 1.165) is 38.9 Å². The minimum Gasteiger partial charge on any atom is -0.369 e. The molecule has 0 spiro atoms. The third-order valence-corrected chi connectivity index (χ3v) is 11.2. The van der Waals surface area contributed by atoms with E-state index in [1.807, 2.05) is 219 Å². The number of pyridine rings is 1. The van der Waals surface area contributed by atoms with E-state index in [1.54, 1.807) is 48.8 Å². The molecule has 0 aliphatic carbocycles. The fourth-order valence-corrected chi connectivity index (χ4v) is 7.97. The van der Waals surface area contributed by atoms with Crippen molar-refractivity contribution in [2.24, 2.45) is 0 Å². The minimum atomic E-state index is -0.314. The fourth-order valence-electron chi connectivity index (χ4n) is 7.97. The van der Waals surface area contributed by atoms with Gasteiger partial charge in [-0.1, -0.05) is 200 Å². The van der Waals surface area contributed by atoms with Crippen LogP contribution in [0.15, 0.2) is 258 Å². The van der Waals surface area contributed by atoms with Crippen molar-refractivity contribution in [3.8, 4) is 0 Å². The van der Waals surface area contributed by atoms with E-state index >= 15 is 14.4 Å². The van der Waals surface area contributed by atoms with Gasteiger partial charge >= 0.3 is 0 Å². The molecule has 0 saturated carbocycles. The van der Waals surface area contributed by atoms with Gasteiger partial charge in [-0.25, -0.2) is 0 Å². The molecule has 0 atom stereocenters. The van der Waals surface area contributed by atoms with Gasteiger partial charge < -0.3 is 4.90 Å². The number of carbonyl (C=O) groups is 3. The standard InChI is InChI=1S/C62H48N2O3.Pd/c1-64-45-56(53(41-49-27-14-5-15-28-49)57(65)37-34-46-21-8-2-9-22-46)60(54(42-50-29-16-6-17-30-50)58(66)38-35-47-23-10-3-11-24-47)61(62(64)52-33-20-40-63-44-52)55(43-51-31-18-7-19-32-51)59(67)39-36-48-25-12-4-13-26-48;/h2-44H,45H2,1H3;. The number of aromatic nitrogens is 1. The smallest absolute Gasteiger partial charge is 0.186 e. The van der Waals surface area contributed by atoms with Crippen LogP contribution in [0.3, 0.4) is 0 Å². The number of hydrogen-bond acceptors (Lipinski definition) is 5. The van der Waals surface area contributed by atoms with Gasteiger partial charge in [-0.3, -0.25) is 19.4 Å². The van der Waals surface area contributed by atoms with Crippen molar-refractivity contribution in [2.45, 2.75) is 0 Å². The van der Waals surface area contributed by atoms with Crippen LogP contribution in [0.25, 0.3) is 42.2 Å². The van der Waals surface area contributed by atoms with Crippen molar-refractivity contribution in [3.63, 3.8) is 0 Å². The minimum absolute atomic E-state index is 0. The molecule has 334 valence electrons. The average molecular weight is 975 g/mol. The molecule has 6 heteroatoms. The Balaban J connectivity index is 0.00000684. The number of rotatable bonds is 16. The van der Waals surface area contributed by atoms with Gasteiger partial charge in [0.1, 0.15) is 0 Å². The van der Waals surface area contributed by atoms with Crippen LogP contribution in [0.2, 0.25) is 0 Å². The van der Waals surface area contributed by atoms with Gasteiger partial charge in [0.2, 0.25) is 0 Å². The van der Waals surface area contributed by atoms with E-state index in [4.69, 9.17) is 0 Å². The van der Waals surface area contributed by atoms with Crippen molar-refractivity contribution in [1.29, 1.82) is 0 Å². The fraction of sp³-hybridized carbons (Fsp3) is 0.0323. The molecule has 0 saturated heterocycles. The van der Waals surface area contributed by atoms with Gasteiger partial charge in [-0.15, -0.1) is 0 Å². The van der Waals surface area contributed by atoms with Gasteiger partial charge in [-0.2, -0.15) is 0 Å². The van der Waals surface area contributed by atoms with Crippen LogP contribution >= 0.6 is 0 Å². The second-order valence-electron chi connectivity index (χ2n) is 15.9. The Morgan fingerprint density at radius 3 is 1.13 bits per heavy atom. The van der Waals surface area contributed by atoms with E-state index in [-0.39, 0.29) is 44.3 Å². The second kappa shape index (κ2) is 23.9. The average Bonchev–Trinajstić information content (AvgIpc) is 3.38. The Labute approximate surface area is 412 Å². The zero-order chi connectivity index (χ0) is 46.2. The van der Waals surface area contributed by atoms with Crippen molar-refractivity contribution in [3.05, 3.63) is 297 Å². The van der Waals surface area contributed by atoms with Gasteiger partial charge in [0.25, 0.3) is 0 Å². The molecule has 5 nitrogen and oxygen atoms in total. The number of ketones is 3. The van der Waals surface area contributed by atoms with Crippen LogP contribution in [0, 0.1) is 0 Å². The summed E-state index contributed by atoms with van der Waals surface area (Å²) in [6, 6.07) is 61.8. The van der Waals surface area contributed by atoms with E-state index in [1.165, 1.54) is 0 Å². The molecule has 6 aromatic carbocycles. The van der Waals surface area contributed by atoms with Gasteiger partial charge in [0, 0.05) is 79.8 Å². The summed E-state index contributed by atoms with van der Waals surface area (Å²) in [5.74, 6) is -0.884. The normalized spacial score (nSPS) is 13.6. The molecule has 1 aliphatic rings. The number of allylic oxidation sites excluding steroid dienone is 7. The Kier molecular flexibility index (Phi) is 16.8. The number of nitrogens with zero attached hydrogens (tertiary/aromatic N) is 2. The zero-order valence-corrected chi connectivity index (χ0v) is 39.0. The summed E-state index contributed by atoms with van der Waals surface area (Å²) < 4.78 is 0. The van der Waals surface area contributed by atoms with E-state index in [0.29, 0.717) is 39.1 Å². The van der Waals surface area contributed by atoms with Crippen LogP contribution in [0.4, 0.5) is 0 Å². The molecular weight excluding hydrogens is 927 g/mol. The predicted molar refractivity (Wildman–Crippen MR) is 276 cm³/mol. The maximum absolute atomic E-state index is 15.5. The molecule has 0 unspecified atom stereocenters. The summed E-state index contributed by atoms with van der Waals surface area (Å²) in [4.78, 5) is 52.7. The zero-order valence-electron chi connectivity index (χ0n) is 37.5. The van der Waals surface area contributed by atoms with Crippen LogP contribution in [-0.4, -0.2) is 40.8 Å². The Morgan fingerprint density at radius 1 is 0.426 bits per heavy atom. The topological polar surface area (TPSA) is 67.3 Å². The van der Waals surface area contributed by atoms with E-state index in [2.05, 4.69) is 9.88 Å². The van der Waals surface area contributed by atoms with Gasteiger partial charge in [0.15, 0.2) is 17.3 Å². The van der Waals surface area contributed by atoms with Crippen LogP contribution in [0.1, 0.15) is 38.9 Å². The first kappa shape index (κ1) is 47.8. The van der Waals surface area contributed by atoms with Gasteiger partial charge in [-0.05, 0) is 87.5 Å². The molecule has 0 radical (unpaired) electrons. The quantitative estimate of drug-likeness (QED) is 0.0713. The first-order valence-corrected chi connectivity index (χ1v) is 22.1. The third-order valence-electron chi connectivity index (χ3n) is 11.2. The molecule has 0 N–H and O–H groups in total. The molecular formula is C62H48N2O3Pd. The summed E-state index contributed by atoms with van der Waals surface area (Å²) in [6.45, 7) is 0.196. The maximum atomic E-state index is 15.5. The Bertz CT molecular complexity index is 3100. The molecule has 7 aromatic rings. The first-order chi connectivity index (χ1) is 32.9. The Morgan fingerprint density at radius 2 is 0.765 bits per heavy atom. The maximum Gasteiger partial charge on any atom is 0.186 e. The summed E-state index contributed by atoms with van der Waals surface area (Å²) in [6.07, 6.45) is 19.2. The van der Waals surface area contributed by atoms with E-state index in [9.17, 15) is 0 Å². The van der Waals surface area contributed by atoms with Crippen molar-refractivity contribution in [2.75, 3.05) is 13.6 Å². The van der Waals surface area contributed by atoms with Crippen LogP contribution in [0.5, 0.6) is 0 Å². The predicted octanol–water partition coefficient (Wildman–Crippen LogP) is 13.1. The van der Waals surface area contributed by atoms with Crippen molar-refractivity contribution in [1.82, 2.24) is 9.88 Å². The monoisotopic (exact) mass is 974 g/mol.